The maximum absolute atomic E-state index is 12.4. The number of ketones is 1. The average Bonchev–Trinajstić information content (AvgIpc) is 2.41. The number of halogens is 1. The fourth-order valence-electron chi connectivity index (χ4n) is 2.11. The number of Topliss-reactive ketones (excluding diaryl/α,β-unsaturated/α-hetero) is 1. The first kappa shape index (κ1) is 14.3. The molecule has 1 aromatic rings. The Morgan fingerprint density at radius 1 is 1.28 bits per heavy atom. The molecule has 98 valence electrons. The molecule has 1 aliphatic heterocycles. The lowest BCUT2D eigenvalue weighted by molar-refractivity contribution is -0.117. The molecule has 0 aromatic heterocycles. The number of carbonyl (C=O) groups is 1. The van der Waals surface area contributed by atoms with Gasteiger partial charge < -0.3 is 0 Å². The smallest absolute Gasteiger partial charge is 0.151 e. The molecule has 1 aromatic carbocycles. The minimum atomic E-state index is 0.171. The van der Waals surface area contributed by atoms with Crippen LogP contribution in [-0.4, -0.2) is 27.8 Å². The molecule has 0 aliphatic carbocycles. The summed E-state index contributed by atoms with van der Waals surface area (Å²) in [6, 6.07) is 7.60. The van der Waals surface area contributed by atoms with Gasteiger partial charge in [-0.15, -0.1) is 11.8 Å². The van der Waals surface area contributed by atoms with Crippen LogP contribution >= 0.6 is 35.1 Å². The summed E-state index contributed by atoms with van der Waals surface area (Å²) in [7, 11) is 0. The zero-order valence-corrected chi connectivity index (χ0v) is 12.8. The van der Waals surface area contributed by atoms with Crippen molar-refractivity contribution in [2.75, 3.05) is 11.5 Å². The second-order valence-corrected chi connectivity index (χ2v) is 7.41. The highest BCUT2D eigenvalue weighted by Gasteiger charge is 2.30. The fourth-order valence-corrected chi connectivity index (χ4v) is 5.27. The SMILES string of the molecule is CCC1SCCSC1C(=O)Cc1ccc(Cl)cc1. The van der Waals surface area contributed by atoms with Crippen LogP contribution in [0.2, 0.25) is 5.02 Å². The molecule has 0 saturated carbocycles. The van der Waals surface area contributed by atoms with Gasteiger partial charge in [-0.05, 0) is 24.1 Å². The van der Waals surface area contributed by atoms with Crippen LogP contribution < -0.4 is 0 Å². The van der Waals surface area contributed by atoms with Gasteiger partial charge in [0.25, 0.3) is 0 Å². The van der Waals surface area contributed by atoms with E-state index >= 15 is 0 Å². The Morgan fingerprint density at radius 2 is 1.94 bits per heavy atom. The van der Waals surface area contributed by atoms with Crippen LogP contribution in [-0.2, 0) is 11.2 Å². The Morgan fingerprint density at radius 3 is 2.61 bits per heavy atom. The molecular weight excluding hydrogens is 284 g/mol. The summed E-state index contributed by atoms with van der Waals surface area (Å²) >= 11 is 9.63. The molecule has 2 rings (SSSR count). The second kappa shape index (κ2) is 6.88. The minimum absolute atomic E-state index is 0.171. The Hall–Kier alpha value is -0.120. The quantitative estimate of drug-likeness (QED) is 0.834. The van der Waals surface area contributed by atoms with Crippen LogP contribution in [0.1, 0.15) is 18.9 Å². The molecule has 0 N–H and O–H groups in total. The second-order valence-electron chi connectivity index (χ2n) is 4.38. The molecule has 2 atom stereocenters. The zero-order chi connectivity index (χ0) is 13.0. The molecule has 1 heterocycles. The molecule has 1 saturated heterocycles. The summed E-state index contributed by atoms with van der Waals surface area (Å²) < 4.78 is 0. The molecule has 0 bridgehead atoms. The highest BCUT2D eigenvalue weighted by Crippen LogP contribution is 2.34. The molecule has 1 fully saturated rings. The molecule has 0 radical (unpaired) electrons. The molecule has 2 unspecified atom stereocenters. The average molecular weight is 301 g/mol. The highest BCUT2D eigenvalue weighted by molar-refractivity contribution is 8.07. The van der Waals surface area contributed by atoms with Gasteiger partial charge in [-0.1, -0.05) is 30.7 Å². The van der Waals surface area contributed by atoms with Gasteiger partial charge in [-0.2, -0.15) is 11.8 Å². The first-order valence-electron chi connectivity index (χ1n) is 6.21. The predicted octanol–water partition coefficient (Wildman–Crippen LogP) is 4.08. The maximum atomic E-state index is 12.4. The molecule has 0 spiro atoms. The van der Waals surface area contributed by atoms with Gasteiger partial charge in [-0.25, -0.2) is 0 Å². The highest BCUT2D eigenvalue weighted by atomic mass is 35.5. The maximum Gasteiger partial charge on any atom is 0.151 e. The van der Waals surface area contributed by atoms with Crippen LogP contribution in [0.5, 0.6) is 0 Å². The fraction of sp³-hybridized carbons (Fsp3) is 0.500. The van der Waals surface area contributed by atoms with Crippen LogP contribution in [0.3, 0.4) is 0 Å². The van der Waals surface area contributed by atoms with Crippen LogP contribution in [0.4, 0.5) is 0 Å². The number of benzene rings is 1. The van der Waals surface area contributed by atoms with E-state index in [9.17, 15) is 4.79 Å². The first-order valence-corrected chi connectivity index (χ1v) is 8.68. The zero-order valence-electron chi connectivity index (χ0n) is 10.4. The van der Waals surface area contributed by atoms with Crippen LogP contribution in [0, 0.1) is 0 Å². The van der Waals surface area contributed by atoms with Gasteiger partial charge in [0, 0.05) is 28.2 Å². The van der Waals surface area contributed by atoms with Crippen molar-refractivity contribution in [2.45, 2.75) is 30.3 Å². The third kappa shape index (κ3) is 3.69. The third-order valence-corrected chi connectivity index (χ3v) is 6.61. The molecular formula is C14H17ClOS2. The number of hydrogen-bond acceptors (Lipinski definition) is 3. The van der Waals surface area contributed by atoms with E-state index in [-0.39, 0.29) is 5.25 Å². The summed E-state index contributed by atoms with van der Waals surface area (Å²) in [5.74, 6) is 2.63. The van der Waals surface area contributed by atoms with Crippen molar-refractivity contribution >= 4 is 40.9 Å². The monoisotopic (exact) mass is 300 g/mol. The van der Waals surface area contributed by atoms with E-state index < -0.39 is 0 Å². The van der Waals surface area contributed by atoms with Gasteiger partial charge in [-0.3, -0.25) is 4.79 Å². The van der Waals surface area contributed by atoms with Crippen LogP contribution in [0.15, 0.2) is 24.3 Å². The summed E-state index contributed by atoms with van der Waals surface area (Å²) in [6.07, 6.45) is 1.61. The lowest BCUT2D eigenvalue weighted by Crippen LogP contribution is -2.33. The van der Waals surface area contributed by atoms with E-state index in [0.717, 1.165) is 22.8 Å². The minimum Gasteiger partial charge on any atom is -0.298 e. The summed E-state index contributed by atoms with van der Waals surface area (Å²) in [6.45, 7) is 2.17. The molecule has 1 aliphatic rings. The van der Waals surface area contributed by atoms with Gasteiger partial charge in [0.15, 0.2) is 5.78 Å². The van der Waals surface area contributed by atoms with Crippen molar-refractivity contribution in [3.63, 3.8) is 0 Å². The van der Waals surface area contributed by atoms with E-state index in [1.54, 1.807) is 0 Å². The molecule has 4 heteroatoms. The predicted molar refractivity (Wildman–Crippen MR) is 82.9 cm³/mol. The number of thioether (sulfide) groups is 2. The van der Waals surface area contributed by atoms with E-state index in [1.165, 1.54) is 5.75 Å². The topological polar surface area (TPSA) is 17.1 Å². The number of rotatable bonds is 4. The van der Waals surface area contributed by atoms with Crippen molar-refractivity contribution in [3.8, 4) is 0 Å². The Balaban J connectivity index is 2.00. The van der Waals surface area contributed by atoms with E-state index in [0.29, 0.717) is 17.5 Å². The van der Waals surface area contributed by atoms with Crippen molar-refractivity contribution < 1.29 is 4.79 Å². The van der Waals surface area contributed by atoms with Gasteiger partial charge in [0.05, 0.1) is 5.25 Å². The Bertz CT molecular complexity index is 405. The van der Waals surface area contributed by atoms with Gasteiger partial charge >= 0.3 is 0 Å². The molecule has 0 amide bonds. The lowest BCUT2D eigenvalue weighted by Gasteiger charge is -2.28. The first-order chi connectivity index (χ1) is 8.70. The third-order valence-electron chi connectivity index (χ3n) is 3.06. The largest absolute Gasteiger partial charge is 0.298 e. The lowest BCUT2D eigenvalue weighted by atomic mass is 10.0. The Kier molecular flexibility index (Phi) is 5.46. The van der Waals surface area contributed by atoms with E-state index in [2.05, 4.69) is 6.92 Å². The normalized spacial score (nSPS) is 23.9. The van der Waals surface area contributed by atoms with Crippen LogP contribution in [0.25, 0.3) is 0 Å². The summed E-state index contributed by atoms with van der Waals surface area (Å²) in [4.78, 5) is 12.4. The standard InChI is InChI=1S/C14H17ClOS2/c1-2-13-14(18-8-7-17-13)12(16)9-10-3-5-11(15)6-4-10/h3-6,13-14H,2,7-9H2,1H3. The number of hydrogen-bond donors (Lipinski definition) is 0. The Labute approximate surface area is 122 Å². The van der Waals surface area contributed by atoms with Gasteiger partial charge in [0.2, 0.25) is 0 Å². The van der Waals surface area contributed by atoms with Crippen molar-refractivity contribution in [2.24, 2.45) is 0 Å². The number of carbonyl (C=O) groups excluding carboxylic acids is 1. The van der Waals surface area contributed by atoms with Crippen molar-refractivity contribution in [3.05, 3.63) is 34.9 Å². The van der Waals surface area contributed by atoms with E-state index in [4.69, 9.17) is 11.6 Å². The molecule has 18 heavy (non-hydrogen) atoms. The van der Waals surface area contributed by atoms with Gasteiger partial charge in [0.1, 0.15) is 0 Å². The van der Waals surface area contributed by atoms with Crippen molar-refractivity contribution in [1.29, 1.82) is 0 Å². The molecule has 1 nitrogen and oxygen atoms in total. The van der Waals surface area contributed by atoms with Crippen molar-refractivity contribution in [1.82, 2.24) is 0 Å². The van der Waals surface area contributed by atoms with E-state index in [1.807, 2.05) is 47.8 Å². The summed E-state index contributed by atoms with van der Waals surface area (Å²) in [5.41, 5.74) is 1.07. The summed E-state index contributed by atoms with van der Waals surface area (Å²) in [5, 5.41) is 1.38.